The lowest BCUT2D eigenvalue weighted by Gasteiger charge is -2.30. The number of para-hydroxylation sites is 4. The Morgan fingerprint density at radius 2 is 1.60 bits per heavy atom. The minimum Gasteiger partial charge on any atom is -0.495 e. The Balaban J connectivity index is 1.28. The normalized spacial score (nSPS) is 26.5. The number of amides is 4. The number of rotatable bonds is 4. The third-order valence-electron chi connectivity index (χ3n) is 8.82. The molecule has 202 valence electrons. The summed E-state index contributed by atoms with van der Waals surface area (Å²) in [6.45, 7) is 2.21. The molecule has 4 heterocycles. The fourth-order valence-corrected chi connectivity index (χ4v) is 7.14. The molecule has 4 aliphatic heterocycles. The first-order valence-electron chi connectivity index (χ1n) is 13.5. The molecule has 0 saturated carbocycles. The van der Waals surface area contributed by atoms with E-state index in [1.165, 1.54) is 12.0 Å². The van der Waals surface area contributed by atoms with Crippen LogP contribution in [0.5, 0.6) is 5.75 Å². The third-order valence-corrected chi connectivity index (χ3v) is 8.82. The van der Waals surface area contributed by atoms with E-state index in [0.717, 1.165) is 22.6 Å². The molecule has 0 aliphatic carbocycles. The monoisotopic (exact) mass is 536 g/mol. The van der Waals surface area contributed by atoms with Crippen molar-refractivity contribution in [2.45, 2.75) is 24.9 Å². The highest BCUT2D eigenvalue weighted by molar-refractivity contribution is 6.26. The Morgan fingerprint density at radius 1 is 0.925 bits per heavy atom. The van der Waals surface area contributed by atoms with Gasteiger partial charge < -0.3 is 14.5 Å². The van der Waals surface area contributed by atoms with Gasteiger partial charge in [-0.2, -0.15) is 0 Å². The van der Waals surface area contributed by atoms with E-state index in [1.807, 2.05) is 49.4 Å². The predicted octanol–water partition coefficient (Wildman–Crippen LogP) is 2.62. The van der Waals surface area contributed by atoms with Crippen molar-refractivity contribution < 1.29 is 23.9 Å². The number of carbonyl (C=O) groups excluding carboxylic acids is 4. The van der Waals surface area contributed by atoms with Crippen LogP contribution in [-0.2, 0) is 31.1 Å². The van der Waals surface area contributed by atoms with Crippen LogP contribution >= 0.6 is 0 Å². The summed E-state index contributed by atoms with van der Waals surface area (Å²) in [5.41, 5.74) is 2.03. The van der Waals surface area contributed by atoms with Crippen molar-refractivity contribution in [3.8, 4) is 5.75 Å². The number of ether oxygens (including phenoxy) is 1. The maximum atomic E-state index is 14.5. The van der Waals surface area contributed by atoms with Gasteiger partial charge in [0.1, 0.15) is 17.8 Å². The molecule has 4 amide bonds. The second kappa shape index (κ2) is 8.76. The van der Waals surface area contributed by atoms with Gasteiger partial charge in [-0.25, -0.2) is 4.90 Å². The van der Waals surface area contributed by atoms with E-state index < -0.39 is 35.2 Å². The molecule has 1 spiro atoms. The molecular formula is C31H28N4O5. The van der Waals surface area contributed by atoms with Gasteiger partial charge in [0.2, 0.25) is 17.7 Å². The molecule has 0 bridgehead atoms. The van der Waals surface area contributed by atoms with Gasteiger partial charge in [-0.3, -0.25) is 24.5 Å². The van der Waals surface area contributed by atoms with E-state index >= 15 is 0 Å². The van der Waals surface area contributed by atoms with E-state index in [0.29, 0.717) is 29.2 Å². The molecule has 7 rings (SSSR count). The first kappa shape index (κ1) is 24.5. The summed E-state index contributed by atoms with van der Waals surface area (Å²) < 4.78 is 5.45. The first-order chi connectivity index (χ1) is 19.4. The summed E-state index contributed by atoms with van der Waals surface area (Å²) >= 11 is 0. The van der Waals surface area contributed by atoms with Crippen LogP contribution in [-0.4, -0.2) is 49.9 Å². The summed E-state index contributed by atoms with van der Waals surface area (Å²) in [5.74, 6) is -2.74. The SMILES string of the molecule is COc1ccccc1N1C(=O)[C@@H]2[C@H](C)N[C@]3(C(=O)N(CC(=O)N4CCc5ccccc54)c4ccccc43)[C@H]2C1=O. The molecule has 1 N–H and O–H groups in total. The zero-order valence-electron chi connectivity index (χ0n) is 22.2. The molecule has 4 aliphatic rings. The van der Waals surface area contributed by atoms with Gasteiger partial charge in [0, 0.05) is 29.5 Å². The predicted molar refractivity (Wildman–Crippen MR) is 148 cm³/mol. The largest absolute Gasteiger partial charge is 0.495 e. The van der Waals surface area contributed by atoms with Gasteiger partial charge >= 0.3 is 0 Å². The minimum atomic E-state index is -1.46. The summed E-state index contributed by atoms with van der Waals surface area (Å²) in [6.07, 6.45) is 0.759. The van der Waals surface area contributed by atoms with Crippen LogP contribution < -0.4 is 24.8 Å². The topological polar surface area (TPSA) is 99.3 Å². The number of anilines is 3. The molecule has 9 nitrogen and oxygen atoms in total. The molecule has 4 atom stereocenters. The fourth-order valence-electron chi connectivity index (χ4n) is 7.14. The second-order valence-corrected chi connectivity index (χ2v) is 10.8. The van der Waals surface area contributed by atoms with Crippen LogP contribution in [0.2, 0.25) is 0 Å². The number of imide groups is 1. The van der Waals surface area contributed by atoms with Crippen LogP contribution in [0.4, 0.5) is 17.1 Å². The van der Waals surface area contributed by atoms with Crippen molar-refractivity contribution in [1.29, 1.82) is 0 Å². The van der Waals surface area contributed by atoms with Crippen molar-refractivity contribution in [2.75, 3.05) is 34.9 Å². The highest BCUT2D eigenvalue weighted by atomic mass is 16.5. The molecule has 40 heavy (non-hydrogen) atoms. The van der Waals surface area contributed by atoms with Crippen molar-refractivity contribution in [2.24, 2.45) is 11.8 Å². The van der Waals surface area contributed by atoms with Gasteiger partial charge in [0.15, 0.2) is 0 Å². The molecule has 0 unspecified atom stereocenters. The molecule has 0 aromatic heterocycles. The van der Waals surface area contributed by atoms with Gasteiger partial charge in [-0.05, 0) is 43.2 Å². The summed E-state index contributed by atoms with van der Waals surface area (Å²) in [6, 6.07) is 21.4. The van der Waals surface area contributed by atoms with Crippen molar-refractivity contribution in [3.05, 3.63) is 83.9 Å². The van der Waals surface area contributed by atoms with Gasteiger partial charge in [-0.15, -0.1) is 0 Å². The molecule has 0 radical (unpaired) electrons. The van der Waals surface area contributed by atoms with Crippen molar-refractivity contribution in [1.82, 2.24) is 5.32 Å². The first-order valence-corrected chi connectivity index (χ1v) is 13.5. The molecule has 9 heteroatoms. The van der Waals surface area contributed by atoms with E-state index in [1.54, 1.807) is 35.2 Å². The number of carbonyl (C=O) groups is 4. The van der Waals surface area contributed by atoms with Crippen LogP contribution in [0.15, 0.2) is 72.8 Å². The quantitative estimate of drug-likeness (QED) is 0.515. The summed E-state index contributed by atoms with van der Waals surface area (Å²) in [7, 11) is 1.49. The lowest BCUT2D eigenvalue weighted by atomic mass is 9.76. The number of hydrogen-bond donors (Lipinski definition) is 1. The highest BCUT2D eigenvalue weighted by Gasteiger charge is 2.71. The molecule has 2 fully saturated rings. The summed E-state index contributed by atoms with van der Waals surface area (Å²) in [5, 5.41) is 3.37. The van der Waals surface area contributed by atoms with E-state index in [4.69, 9.17) is 4.74 Å². The lowest BCUT2D eigenvalue weighted by molar-refractivity contribution is -0.132. The standard InChI is InChI=1S/C31H28N4O5/c1-18-26-27(29(38)35(28(26)37)23-13-7-8-14-24(23)40-2)31(32-18)20-10-4-6-12-22(20)34(30(31)39)17-25(36)33-16-15-19-9-3-5-11-21(19)33/h3-14,18,26-27,32H,15-17H2,1-2H3/t18-,26+,27+,31-/m0/s1. The van der Waals surface area contributed by atoms with E-state index in [-0.39, 0.29) is 18.4 Å². The van der Waals surface area contributed by atoms with Gasteiger partial charge in [0.05, 0.1) is 24.6 Å². The zero-order valence-corrected chi connectivity index (χ0v) is 22.2. The second-order valence-electron chi connectivity index (χ2n) is 10.8. The number of methoxy groups -OCH3 is 1. The Kier molecular flexibility index (Phi) is 5.37. The summed E-state index contributed by atoms with van der Waals surface area (Å²) in [4.78, 5) is 60.4. The Morgan fingerprint density at radius 3 is 2.38 bits per heavy atom. The highest BCUT2D eigenvalue weighted by Crippen LogP contribution is 2.55. The minimum absolute atomic E-state index is 0.169. The average molecular weight is 537 g/mol. The number of fused-ring (bicyclic) bond motifs is 5. The molecular weight excluding hydrogens is 508 g/mol. The number of nitrogens with one attached hydrogen (secondary N) is 1. The average Bonchev–Trinajstić information content (AvgIpc) is 3.67. The zero-order chi connectivity index (χ0) is 27.8. The van der Waals surface area contributed by atoms with Crippen molar-refractivity contribution >= 4 is 40.7 Å². The maximum absolute atomic E-state index is 14.5. The van der Waals surface area contributed by atoms with Crippen molar-refractivity contribution in [3.63, 3.8) is 0 Å². The van der Waals surface area contributed by atoms with E-state index in [2.05, 4.69) is 5.32 Å². The molecule has 2 saturated heterocycles. The molecule has 3 aromatic carbocycles. The smallest absolute Gasteiger partial charge is 0.253 e. The van der Waals surface area contributed by atoms with Gasteiger partial charge in [0.25, 0.3) is 5.91 Å². The van der Waals surface area contributed by atoms with Crippen LogP contribution in [0, 0.1) is 11.8 Å². The van der Waals surface area contributed by atoms with Crippen LogP contribution in [0.25, 0.3) is 0 Å². The third kappa shape index (κ3) is 3.12. The van der Waals surface area contributed by atoms with Gasteiger partial charge in [-0.1, -0.05) is 48.5 Å². The lowest BCUT2D eigenvalue weighted by Crippen LogP contribution is -2.56. The Hall–Kier alpha value is -4.50. The fraction of sp³-hybridized carbons (Fsp3) is 0.290. The van der Waals surface area contributed by atoms with Crippen LogP contribution in [0.1, 0.15) is 18.1 Å². The number of hydrogen-bond acceptors (Lipinski definition) is 6. The van der Waals surface area contributed by atoms with Crippen LogP contribution in [0.3, 0.4) is 0 Å². The number of nitrogens with zero attached hydrogens (tertiary/aromatic N) is 3. The molecule has 3 aromatic rings. The number of benzene rings is 3. The Bertz CT molecular complexity index is 1600. The Labute approximate surface area is 231 Å². The maximum Gasteiger partial charge on any atom is 0.253 e. The van der Waals surface area contributed by atoms with E-state index in [9.17, 15) is 19.2 Å².